The SMILES string of the molecule is CCOC(=O)C1=C2CC(C=N)CN2C(c2nccs2)=N[C@H]1c1ccc(F)cc1Br. The molecule has 29 heavy (non-hydrogen) atoms. The second-order valence-corrected chi connectivity index (χ2v) is 8.43. The van der Waals surface area contributed by atoms with Crippen LogP contribution in [-0.2, 0) is 9.53 Å². The van der Waals surface area contributed by atoms with Crippen LogP contribution in [0.15, 0.2) is 50.5 Å². The monoisotopic (exact) mass is 476 g/mol. The summed E-state index contributed by atoms with van der Waals surface area (Å²) in [6, 6.07) is 3.70. The van der Waals surface area contributed by atoms with Gasteiger partial charge in [-0.15, -0.1) is 11.3 Å². The van der Waals surface area contributed by atoms with E-state index in [0.717, 1.165) is 10.7 Å². The Bertz CT molecular complexity index is 1020. The maximum atomic E-state index is 13.7. The molecular formula is C20H18BrFN4O2S. The van der Waals surface area contributed by atoms with Crippen molar-refractivity contribution in [3.63, 3.8) is 0 Å². The van der Waals surface area contributed by atoms with Gasteiger partial charge in [-0.2, -0.15) is 0 Å². The second kappa shape index (κ2) is 8.16. The van der Waals surface area contributed by atoms with Gasteiger partial charge in [0.1, 0.15) is 11.9 Å². The Balaban J connectivity index is 1.92. The number of fused-ring (bicyclic) bond motifs is 1. The van der Waals surface area contributed by atoms with E-state index in [1.807, 2.05) is 10.3 Å². The van der Waals surface area contributed by atoms with Crippen LogP contribution in [0.4, 0.5) is 4.39 Å². The number of nitrogens with zero attached hydrogens (tertiary/aromatic N) is 3. The van der Waals surface area contributed by atoms with Crippen molar-refractivity contribution in [3.8, 4) is 0 Å². The van der Waals surface area contributed by atoms with Crippen LogP contribution in [0.1, 0.15) is 30.0 Å². The molecule has 1 unspecified atom stereocenters. The average Bonchev–Trinajstić information content (AvgIpc) is 3.37. The molecule has 9 heteroatoms. The summed E-state index contributed by atoms with van der Waals surface area (Å²) in [6.07, 6.45) is 3.65. The molecule has 3 heterocycles. The third-order valence-corrected chi connectivity index (χ3v) is 6.36. The smallest absolute Gasteiger partial charge is 0.338 e. The van der Waals surface area contributed by atoms with E-state index in [0.29, 0.717) is 34.4 Å². The van der Waals surface area contributed by atoms with E-state index < -0.39 is 12.0 Å². The molecule has 1 fully saturated rings. The van der Waals surface area contributed by atoms with Crippen LogP contribution >= 0.6 is 27.3 Å². The van der Waals surface area contributed by atoms with E-state index in [1.54, 1.807) is 19.2 Å². The Morgan fingerprint density at radius 2 is 2.34 bits per heavy atom. The number of allylic oxidation sites excluding steroid dienone is 1. The van der Waals surface area contributed by atoms with Gasteiger partial charge in [-0.25, -0.2) is 14.2 Å². The van der Waals surface area contributed by atoms with Crippen LogP contribution in [0.25, 0.3) is 0 Å². The Labute approximate surface area is 179 Å². The number of aliphatic imine (C=N–C) groups is 1. The van der Waals surface area contributed by atoms with E-state index in [9.17, 15) is 9.18 Å². The van der Waals surface area contributed by atoms with Crippen LogP contribution in [0.5, 0.6) is 0 Å². The van der Waals surface area contributed by atoms with Crippen molar-refractivity contribution in [2.45, 2.75) is 19.4 Å². The van der Waals surface area contributed by atoms with Gasteiger partial charge in [0.25, 0.3) is 0 Å². The molecule has 4 rings (SSSR count). The fraction of sp³-hybridized carbons (Fsp3) is 0.300. The number of esters is 1. The standard InChI is InChI=1S/C20H18BrFN4O2S/c1-2-28-20(27)16-15-7-11(9-23)10-26(15)18(19-24-5-6-29-19)25-17(16)13-4-3-12(22)8-14(13)21/h3-6,8-9,11,17,23H,2,7,10H2,1H3/t11?,17-/m0/s1. The van der Waals surface area contributed by atoms with Crippen molar-refractivity contribution in [2.75, 3.05) is 13.2 Å². The number of carbonyl (C=O) groups is 1. The molecule has 0 saturated carbocycles. The predicted octanol–water partition coefficient (Wildman–Crippen LogP) is 4.33. The quantitative estimate of drug-likeness (QED) is 0.514. The van der Waals surface area contributed by atoms with E-state index in [-0.39, 0.29) is 18.3 Å². The van der Waals surface area contributed by atoms with Crippen LogP contribution in [-0.4, -0.2) is 41.1 Å². The molecule has 2 atom stereocenters. The molecule has 0 amide bonds. The summed E-state index contributed by atoms with van der Waals surface area (Å²) in [6.45, 7) is 2.55. The summed E-state index contributed by atoms with van der Waals surface area (Å²) in [7, 11) is 0. The fourth-order valence-corrected chi connectivity index (χ4v) is 4.86. The number of thiazole rings is 1. The van der Waals surface area contributed by atoms with E-state index >= 15 is 0 Å². The summed E-state index contributed by atoms with van der Waals surface area (Å²) in [5, 5.41) is 10.3. The zero-order chi connectivity index (χ0) is 20.5. The first-order valence-corrected chi connectivity index (χ1v) is 10.8. The van der Waals surface area contributed by atoms with Crippen molar-refractivity contribution >= 4 is 45.3 Å². The lowest BCUT2D eigenvalue weighted by atomic mass is 9.94. The highest BCUT2D eigenvalue weighted by Crippen LogP contribution is 2.43. The maximum absolute atomic E-state index is 13.7. The Hall–Kier alpha value is -2.39. The Morgan fingerprint density at radius 3 is 3.00 bits per heavy atom. The van der Waals surface area contributed by atoms with Gasteiger partial charge in [0.2, 0.25) is 0 Å². The number of amidine groups is 1. The average molecular weight is 477 g/mol. The minimum Gasteiger partial charge on any atom is -0.463 e. The molecule has 1 aromatic carbocycles. The lowest BCUT2D eigenvalue weighted by Gasteiger charge is -2.31. The number of rotatable bonds is 5. The summed E-state index contributed by atoms with van der Waals surface area (Å²) in [5.74, 6) is -0.192. The van der Waals surface area contributed by atoms with Gasteiger partial charge in [-0.3, -0.25) is 4.99 Å². The predicted molar refractivity (Wildman–Crippen MR) is 113 cm³/mol. The molecule has 0 bridgehead atoms. The van der Waals surface area contributed by atoms with E-state index in [2.05, 4.69) is 20.9 Å². The molecule has 2 aromatic rings. The van der Waals surface area contributed by atoms with Crippen molar-refractivity contribution in [1.29, 1.82) is 5.41 Å². The molecule has 150 valence electrons. The van der Waals surface area contributed by atoms with Crippen molar-refractivity contribution < 1.29 is 13.9 Å². The summed E-state index contributed by atoms with van der Waals surface area (Å²) >= 11 is 4.88. The van der Waals surface area contributed by atoms with Gasteiger partial charge in [0, 0.05) is 40.4 Å². The number of carbonyl (C=O) groups excluding carboxylic acids is 1. The van der Waals surface area contributed by atoms with Gasteiger partial charge in [-0.05, 0) is 31.0 Å². The number of aromatic nitrogens is 1. The largest absolute Gasteiger partial charge is 0.463 e. The molecule has 6 nitrogen and oxygen atoms in total. The molecule has 1 aromatic heterocycles. The highest BCUT2D eigenvalue weighted by atomic mass is 79.9. The number of benzene rings is 1. The van der Waals surface area contributed by atoms with E-state index in [1.165, 1.54) is 29.7 Å². The molecule has 0 radical (unpaired) electrons. The van der Waals surface area contributed by atoms with Gasteiger partial charge in [-0.1, -0.05) is 22.0 Å². The zero-order valence-corrected chi connectivity index (χ0v) is 18.0. The first-order valence-electron chi connectivity index (χ1n) is 9.14. The highest BCUT2D eigenvalue weighted by molar-refractivity contribution is 9.10. The Morgan fingerprint density at radius 1 is 1.52 bits per heavy atom. The summed E-state index contributed by atoms with van der Waals surface area (Å²) < 4.78 is 19.6. The van der Waals surface area contributed by atoms with Crippen molar-refractivity contribution in [1.82, 2.24) is 9.88 Å². The first-order chi connectivity index (χ1) is 14.0. The topological polar surface area (TPSA) is 78.6 Å². The molecule has 1 N–H and O–H groups in total. The van der Waals surface area contributed by atoms with E-state index in [4.69, 9.17) is 15.1 Å². The fourth-order valence-electron chi connectivity index (χ4n) is 3.65. The maximum Gasteiger partial charge on any atom is 0.338 e. The first kappa shape index (κ1) is 19.9. The molecular weight excluding hydrogens is 459 g/mol. The molecule has 2 aliphatic heterocycles. The summed E-state index contributed by atoms with van der Waals surface area (Å²) in [4.78, 5) is 24.2. The molecule has 0 aliphatic carbocycles. The normalized spacial score (nSPS) is 21.1. The third kappa shape index (κ3) is 3.64. The second-order valence-electron chi connectivity index (χ2n) is 6.68. The van der Waals surface area contributed by atoms with Gasteiger partial charge >= 0.3 is 5.97 Å². The van der Waals surface area contributed by atoms with Gasteiger partial charge in [0.15, 0.2) is 10.8 Å². The number of halogens is 2. The van der Waals surface area contributed by atoms with Crippen molar-refractivity contribution in [3.05, 3.63) is 61.9 Å². The minimum atomic E-state index is -0.654. The number of hydrogen-bond donors (Lipinski definition) is 1. The molecule has 2 aliphatic rings. The van der Waals surface area contributed by atoms with Crippen LogP contribution < -0.4 is 0 Å². The number of hydrogen-bond acceptors (Lipinski definition) is 7. The number of ether oxygens (including phenoxy) is 1. The van der Waals surface area contributed by atoms with Gasteiger partial charge < -0.3 is 15.0 Å². The summed E-state index contributed by atoms with van der Waals surface area (Å²) in [5.41, 5.74) is 1.90. The Kier molecular flexibility index (Phi) is 5.60. The van der Waals surface area contributed by atoms with Crippen LogP contribution in [0.2, 0.25) is 0 Å². The van der Waals surface area contributed by atoms with Crippen molar-refractivity contribution in [2.24, 2.45) is 10.9 Å². The highest BCUT2D eigenvalue weighted by Gasteiger charge is 2.42. The number of nitrogens with one attached hydrogen (secondary N) is 1. The molecule has 1 saturated heterocycles. The lowest BCUT2D eigenvalue weighted by molar-refractivity contribution is -0.139. The molecule has 0 spiro atoms. The minimum absolute atomic E-state index is 0.0324. The van der Waals surface area contributed by atoms with Crippen LogP contribution in [0.3, 0.4) is 0 Å². The lowest BCUT2D eigenvalue weighted by Crippen LogP contribution is -2.35. The third-order valence-electron chi connectivity index (χ3n) is 4.90. The van der Waals surface area contributed by atoms with Crippen LogP contribution in [0, 0.1) is 17.1 Å². The van der Waals surface area contributed by atoms with Gasteiger partial charge in [0.05, 0.1) is 12.2 Å². The zero-order valence-electron chi connectivity index (χ0n) is 15.6.